The standard InChI is InChI=1S/C16H21N3O4/c1-2-18-14(20)8-7-11(17-18)15(21)19-12-6-4-3-5-10(12)9-13(19)16(22)23/h7-8,10,12-13H,2-6,9H2,1H3,(H,22,23)/t10-,12-,13-/m0/s1. The van der Waals surface area contributed by atoms with Crippen LogP contribution >= 0.6 is 0 Å². The van der Waals surface area contributed by atoms with Crippen molar-refractivity contribution in [2.75, 3.05) is 0 Å². The third-order valence-corrected chi connectivity index (χ3v) is 4.99. The quantitative estimate of drug-likeness (QED) is 0.901. The van der Waals surface area contributed by atoms with Gasteiger partial charge in [0.15, 0.2) is 0 Å². The lowest BCUT2D eigenvalue weighted by Crippen LogP contribution is -2.46. The number of carboxylic acid groups (broad SMARTS) is 1. The van der Waals surface area contributed by atoms with Gasteiger partial charge in [-0.25, -0.2) is 9.48 Å². The van der Waals surface area contributed by atoms with E-state index in [2.05, 4.69) is 5.10 Å². The predicted octanol–water partition coefficient (Wildman–Crippen LogP) is 1.12. The van der Waals surface area contributed by atoms with E-state index in [0.717, 1.165) is 25.7 Å². The summed E-state index contributed by atoms with van der Waals surface area (Å²) in [4.78, 5) is 37.6. The first-order valence-corrected chi connectivity index (χ1v) is 8.16. The van der Waals surface area contributed by atoms with Gasteiger partial charge in [0, 0.05) is 18.7 Å². The molecule has 0 aromatic carbocycles. The summed E-state index contributed by atoms with van der Waals surface area (Å²) in [5.41, 5.74) is -0.125. The highest BCUT2D eigenvalue weighted by molar-refractivity contribution is 5.95. The molecule has 0 spiro atoms. The molecule has 124 valence electrons. The van der Waals surface area contributed by atoms with Crippen molar-refractivity contribution in [2.45, 2.75) is 57.7 Å². The van der Waals surface area contributed by atoms with Crippen LogP contribution < -0.4 is 5.56 Å². The highest BCUT2D eigenvalue weighted by Crippen LogP contribution is 2.40. The number of hydrogen-bond donors (Lipinski definition) is 1. The number of aromatic nitrogens is 2. The lowest BCUT2D eigenvalue weighted by atomic mass is 9.84. The molecule has 1 aliphatic carbocycles. The molecule has 1 saturated carbocycles. The second-order valence-electron chi connectivity index (χ2n) is 6.29. The smallest absolute Gasteiger partial charge is 0.326 e. The minimum Gasteiger partial charge on any atom is -0.480 e. The number of carboxylic acids is 1. The monoisotopic (exact) mass is 319 g/mol. The van der Waals surface area contributed by atoms with E-state index in [1.165, 1.54) is 21.7 Å². The van der Waals surface area contributed by atoms with Crippen molar-refractivity contribution in [3.05, 3.63) is 28.2 Å². The van der Waals surface area contributed by atoms with Gasteiger partial charge in [-0.05, 0) is 38.2 Å². The van der Waals surface area contributed by atoms with Crippen molar-refractivity contribution in [1.29, 1.82) is 0 Å². The number of aliphatic carboxylic acids is 1. The molecule has 1 N–H and O–H groups in total. The third-order valence-electron chi connectivity index (χ3n) is 4.99. The van der Waals surface area contributed by atoms with E-state index in [1.807, 2.05) is 0 Å². The van der Waals surface area contributed by atoms with Crippen LogP contribution in [0, 0.1) is 5.92 Å². The molecule has 3 atom stereocenters. The fourth-order valence-corrected chi connectivity index (χ4v) is 3.89. The van der Waals surface area contributed by atoms with Crippen molar-refractivity contribution < 1.29 is 14.7 Å². The van der Waals surface area contributed by atoms with Crippen LogP contribution in [-0.4, -0.2) is 43.7 Å². The highest BCUT2D eigenvalue weighted by atomic mass is 16.4. The van der Waals surface area contributed by atoms with E-state index in [0.29, 0.717) is 13.0 Å². The number of hydrogen-bond acceptors (Lipinski definition) is 4. The summed E-state index contributed by atoms with van der Waals surface area (Å²) >= 11 is 0. The van der Waals surface area contributed by atoms with E-state index < -0.39 is 12.0 Å². The number of carbonyl (C=O) groups is 2. The lowest BCUT2D eigenvalue weighted by molar-refractivity contribution is -0.141. The largest absolute Gasteiger partial charge is 0.480 e. The van der Waals surface area contributed by atoms with E-state index in [9.17, 15) is 19.5 Å². The van der Waals surface area contributed by atoms with Gasteiger partial charge in [0.05, 0.1) is 0 Å². The van der Waals surface area contributed by atoms with E-state index in [1.54, 1.807) is 6.92 Å². The first kappa shape index (κ1) is 15.7. The molecule has 1 saturated heterocycles. The van der Waals surface area contributed by atoms with Crippen LogP contribution in [0.25, 0.3) is 0 Å². The van der Waals surface area contributed by atoms with Crippen molar-refractivity contribution in [3.8, 4) is 0 Å². The normalized spacial score (nSPS) is 26.8. The Kier molecular flexibility index (Phi) is 4.19. The maximum Gasteiger partial charge on any atom is 0.326 e. The Morgan fingerprint density at radius 1 is 1.30 bits per heavy atom. The zero-order valence-electron chi connectivity index (χ0n) is 13.1. The lowest BCUT2D eigenvalue weighted by Gasteiger charge is -2.32. The van der Waals surface area contributed by atoms with Crippen molar-refractivity contribution in [2.24, 2.45) is 5.92 Å². The molecule has 2 heterocycles. The number of rotatable bonds is 3. The average molecular weight is 319 g/mol. The molecular formula is C16H21N3O4. The minimum atomic E-state index is -0.962. The molecule has 23 heavy (non-hydrogen) atoms. The van der Waals surface area contributed by atoms with Gasteiger partial charge in [0.1, 0.15) is 11.7 Å². The maximum atomic E-state index is 12.9. The molecule has 7 heteroatoms. The van der Waals surface area contributed by atoms with Gasteiger partial charge in [-0.15, -0.1) is 0 Å². The van der Waals surface area contributed by atoms with Crippen LogP contribution in [0.4, 0.5) is 0 Å². The Morgan fingerprint density at radius 2 is 2.04 bits per heavy atom. The fraction of sp³-hybridized carbons (Fsp3) is 0.625. The van der Waals surface area contributed by atoms with Crippen LogP contribution in [0.2, 0.25) is 0 Å². The number of fused-ring (bicyclic) bond motifs is 1. The van der Waals surface area contributed by atoms with Crippen molar-refractivity contribution in [1.82, 2.24) is 14.7 Å². The van der Waals surface area contributed by atoms with Crippen molar-refractivity contribution in [3.63, 3.8) is 0 Å². The molecule has 1 aromatic heterocycles. The van der Waals surface area contributed by atoms with E-state index in [-0.39, 0.29) is 29.1 Å². The zero-order valence-corrected chi connectivity index (χ0v) is 13.1. The summed E-state index contributed by atoms with van der Waals surface area (Å²) < 4.78 is 1.22. The maximum absolute atomic E-state index is 12.9. The third kappa shape index (κ3) is 2.75. The van der Waals surface area contributed by atoms with Crippen LogP contribution in [-0.2, 0) is 11.3 Å². The molecule has 2 aliphatic rings. The molecule has 2 fully saturated rings. The van der Waals surface area contributed by atoms with Gasteiger partial charge in [0.25, 0.3) is 11.5 Å². The van der Waals surface area contributed by atoms with E-state index >= 15 is 0 Å². The number of likely N-dealkylation sites (tertiary alicyclic amines) is 1. The molecule has 3 rings (SSSR count). The number of carbonyl (C=O) groups excluding carboxylic acids is 1. The summed E-state index contributed by atoms with van der Waals surface area (Å²) in [5.74, 6) is -1.09. The molecular weight excluding hydrogens is 298 g/mol. The molecule has 0 radical (unpaired) electrons. The molecule has 0 bridgehead atoms. The SMILES string of the molecule is CCn1nc(C(=O)N2[C@H](C(=O)O)C[C@@H]3CCCC[C@@H]32)ccc1=O. The Morgan fingerprint density at radius 3 is 2.74 bits per heavy atom. The van der Waals surface area contributed by atoms with E-state index in [4.69, 9.17) is 0 Å². The molecule has 1 amide bonds. The number of amides is 1. The van der Waals surface area contributed by atoms with Crippen molar-refractivity contribution >= 4 is 11.9 Å². The Labute approximate surface area is 133 Å². The molecule has 7 nitrogen and oxygen atoms in total. The Bertz CT molecular complexity index is 684. The van der Waals surface area contributed by atoms with Gasteiger partial charge < -0.3 is 10.0 Å². The number of aryl methyl sites for hydroxylation is 1. The minimum absolute atomic E-state index is 0.0267. The van der Waals surface area contributed by atoms with Crippen LogP contribution in [0.1, 0.15) is 49.5 Å². The van der Waals surface area contributed by atoms with Gasteiger partial charge in [-0.1, -0.05) is 12.8 Å². The van der Waals surface area contributed by atoms with Crippen LogP contribution in [0.3, 0.4) is 0 Å². The first-order chi connectivity index (χ1) is 11.0. The Hall–Kier alpha value is -2.18. The first-order valence-electron chi connectivity index (χ1n) is 8.16. The van der Waals surface area contributed by atoms with Gasteiger partial charge in [0.2, 0.25) is 0 Å². The van der Waals surface area contributed by atoms with Crippen LogP contribution in [0.5, 0.6) is 0 Å². The van der Waals surface area contributed by atoms with Gasteiger partial charge >= 0.3 is 5.97 Å². The summed E-state index contributed by atoms with van der Waals surface area (Å²) in [7, 11) is 0. The summed E-state index contributed by atoms with van der Waals surface area (Å²) in [6.45, 7) is 2.14. The summed E-state index contributed by atoms with van der Waals surface area (Å²) in [6.07, 6.45) is 4.43. The summed E-state index contributed by atoms with van der Waals surface area (Å²) in [5, 5.41) is 13.6. The number of nitrogens with zero attached hydrogens (tertiary/aromatic N) is 3. The summed E-state index contributed by atoms with van der Waals surface area (Å²) in [6, 6.07) is 1.89. The van der Waals surface area contributed by atoms with Gasteiger partial charge in [-0.2, -0.15) is 5.10 Å². The van der Waals surface area contributed by atoms with Gasteiger partial charge in [-0.3, -0.25) is 9.59 Å². The van der Waals surface area contributed by atoms with Crippen LogP contribution in [0.15, 0.2) is 16.9 Å². The second-order valence-corrected chi connectivity index (χ2v) is 6.29. The molecule has 1 aromatic rings. The zero-order chi connectivity index (χ0) is 16.6. The second kappa shape index (κ2) is 6.14. The molecule has 1 aliphatic heterocycles. The highest BCUT2D eigenvalue weighted by Gasteiger charge is 2.48. The average Bonchev–Trinajstić information content (AvgIpc) is 2.94. The predicted molar refractivity (Wildman–Crippen MR) is 82.1 cm³/mol. The fourth-order valence-electron chi connectivity index (χ4n) is 3.89. The Balaban J connectivity index is 1.95. The molecule has 0 unspecified atom stereocenters. The topological polar surface area (TPSA) is 92.5 Å².